The summed E-state index contributed by atoms with van der Waals surface area (Å²) >= 11 is 0. The number of aliphatic hydroxyl groups is 1. The van der Waals surface area contributed by atoms with Crippen molar-refractivity contribution in [2.24, 2.45) is 5.73 Å². The van der Waals surface area contributed by atoms with Crippen molar-refractivity contribution in [1.29, 1.82) is 0 Å². The number of carbonyl (C=O) groups is 4. The van der Waals surface area contributed by atoms with Crippen LogP contribution < -0.4 is 5.73 Å². The summed E-state index contributed by atoms with van der Waals surface area (Å²) in [4.78, 5) is 44.4. The fourth-order valence-corrected chi connectivity index (χ4v) is 1.69. The number of amides is 1. The molecule has 10 nitrogen and oxygen atoms in total. The molecule has 0 saturated carbocycles. The first-order valence-corrected chi connectivity index (χ1v) is 5.53. The maximum atomic E-state index is 11.1. The zero-order valence-corrected chi connectivity index (χ0v) is 10.4. The number of hydrogen-bond donors (Lipinski definition) is 5. The monoisotopic (exact) mass is 292 g/mol. The smallest absolute Gasteiger partial charge is 0.321 e. The third kappa shape index (κ3) is 5.63. The van der Waals surface area contributed by atoms with Gasteiger partial charge in [-0.05, 0) is 0 Å². The van der Waals surface area contributed by atoms with Crippen LogP contribution in [0.3, 0.4) is 0 Å². The molecule has 114 valence electrons. The number of nitrogens with two attached hydrogens (primary N) is 1. The summed E-state index contributed by atoms with van der Waals surface area (Å²) in [5.41, 5.74) is 4.89. The average Bonchev–Trinajstić information content (AvgIpc) is 2.29. The molecular formula is C10H16N2O8. The number of carboxylic acids is 3. The van der Waals surface area contributed by atoms with Gasteiger partial charge in [-0.3, -0.25) is 24.1 Å². The summed E-state index contributed by atoms with van der Waals surface area (Å²) in [7, 11) is 0. The average molecular weight is 292 g/mol. The van der Waals surface area contributed by atoms with Crippen molar-refractivity contribution < 1.29 is 39.6 Å². The largest absolute Gasteiger partial charge is 0.481 e. The van der Waals surface area contributed by atoms with Crippen LogP contribution >= 0.6 is 0 Å². The van der Waals surface area contributed by atoms with Gasteiger partial charge in [-0.15, -0.1) is 0 Å². The molecule has 0 radical (unpaired) electrons. The van der Waals surface area contributed by atoms with E-state index in [2.05, 4.69) is 0 Å². The van der Waals surface area contributed by atoms with E-state index in [1.54, 1.807) is 0 Å². The van der Waals surface area contributed by atoms with Gasteiger partial charge in [0.2, 0.25) is 5.91 Å². The molecule has 0 aromatic rings. The highest BCUT2D eigenvalue weighted by atomic mass is 16.4. The molecule has 0 bridgehead atoms. The molecule has 0 fully saturated rings. The Balaban J connectivity index is 5.40. The molecule has 10 heteroatoms. The lowest BCUT2D eigenvalue weighted by Gasteiger charge is -2.31. The van der Waals surface area contributed by atoms with Crippen LogP contribution in [0.2, 0.25) is 0 Å². The summed E-state index contributed by atoms with van der Waals surface area (Å²) in [6.07, 6.45) is -1.57. The van der Waals surface area contributed by atoms with Crippen LogP contribution in [0.5, 0.6) is 0 Å². The number of nitrogens with zero attached hydrogens (tertiary/aromatic N) is 1. The van der Waals surface area contributed by atoms with Crippen LogP contribution in [-0.2, 0) is 19.2 Å². The Hall–Kier alpha value is -2.20. The fraction of sp³-hybridized carbons (Fsp3) is 0.600. The van der Waals surface area contributed by atoms with E-state index in [0.717, 1.165) is 4.90 Å². The van der Waals surface area contributed by atoms with E-state index in [0.29, 0.717) is 0 Å². The minimum atomic E-state index is -1.69. The van der Waals surface area contributed by atoms with Crippen molar-refractivity contribution in [2.45, 2.75) is 24.9 Å². The standard InChI is InChI=1S/C10H16N2O8/c11-7(14)3-5(9(17)18)12(1-2-13)6(10(19)20)4-8(15)16/h5-6,13H,1-4H2,(H2,11,14)(H,15,16)(H,17,18)(H,19,20)/t5-,6?/m0/s1. The van der Waals surface area contributed by atoms with Crippen molar-refractivity contribution >= 4 is 23.8 Å². The van der Waals surface area contributed by atoms with Crippen molar-refractivity contribution in [3.8, 4) is 0 Å². The van der Waals surface area contributed by atoms with Gasteiger partial charge in [0.1, 0.15) is 12.1 Å². The van der Waals surface area contributed by atoms with Gasteiger partial charge in [0.25, 0.3) is 0 Å². The van der Waals surface area contributed by atoms with Crippen LogP contribution in [0.1, 0.15) is 12.8 Å². The number of carbonyl (C=O) groups excluding carboxylic acids is 1. The Morgan fingerprint density at radius 2 is 1.40 bits per heavy atom. The Labute approximate surface area is 113 Å². The molecule has 0 rings (SSSR count). The lowest BCUT2D eigenvalue weighted by Crippen LogP contribution is -2.53. The minimum Gasteiger partial charge on any atom is -0.481 e. The highest BCUT2D eigenvalue weighted by molar-refractivity contribution is 5.85. The summed E-state index contributed by atoms with van der Waals surface area (Å²) in [6.45, 7) is -1.03. The number of primary amides is 1. The number of rotatable bonds is 10. The maximum absolute atomic E-state index is 11.1. The zero-order valence-electron chi connectivity index (χ0n) is 10.4. The molecule has 0 aliphatic heterocycles. The second kappa shape index (κ2) is 8.07. The topological polar surface area (TPSA) is 178 Å². The predicted molar refractivity (Wildman–Crippen MR) is 62.7 cm³/mol. The van der Waals surface area contributed by atoms with Gasteiger partial charge in [-0.25, -0.2) is 0 Å². The maximum Gasteiger partial charge on any atom is 0.321 e. The van der Waals surface area contributed by atoms with Gasteiger partial charge in [0.05, 0.1) is 19.4 Å². The Kier molecular flexibility index (Phi) is 7.18. The third-order valence-electron chi connectivity index (χ3n) is 2.49. The van der Waals surface area contributed by atoms with E-state index in [9.17, 15) is 19.2 Å². The molecule has 0 aliphatic rings. The zero-order chi connectivity index (χ0) is 15.9. The highest BCUT2D eigenvalue weighted by Gasteiger charge is 2.37. The normalized spacial score (nSPS) is 13.7. The molecule has 2 atom stereocenters. The Morgan fingerprint density at radius 3 is 1.70 bits per heavy atom. The molecule has 20 heavy (non-hydrogen) atoms. The van der Waals surface area contributed by atoms with Crippen LogP contribution in [0.4, 0.5) is 0 Å². The lowest BCUT2D eigenvalue weighted by molar-refractivity contribution is -0.156. The van der Waals surface area contributed by atoms with Crippen molar-refractivity contribution in [3.63, 3.8) is 0 Å². The van der Waals surface area contributed by atoms with E-state index in [-0.39, 0.29) is 0 Å². The second-order valence-electron chi connectivity index (χ2n) is 3.94. The lowest BCUT2D eigenvalue weighted by atomic mass is 10.1. The quantitative estimate of drug-likeness (QED) is 0.292. The first-order chi connectivity index (χ1) is 9.20. The van der Waals surface area contributed by atoms with E-state index < -0.39 is 61.9 Å². The third-order valence-corrected chi connectivity index (χ3v) is 2.49. The number of hydrogen-bond acceptors (Lipinski definition) is 6. The summed E-state index contributed by atoms with van der Waals surface area (Å²) in [5.74, 6) is -5.55. The van der Waals surface area contributed by atoms with Crippen LogP contribution in [-0.4, -0.2) is 74.4 Å². The minimum absolute atomic E-state index is 0.422. The summed E-state index contributed by atoms with van der Waals surface area (Å²) in [5, 5.41) is 35.5. The Bertz CT molecular complexity index is 363. The Morgan fingerprint density at radius 1 is 0.950 bits per heavy atom. The van der Waals surface area contributed by atoms with Crippen LogP contribution in [0.15, 0.2) is 0 Å². The van der Waals surface area contributed by atoms with Gasteiger partial charge in [0.15, 0.2) is 0 Å². The van der Waals surface area contributed by atoms with E-state index in [1.165, 1.54) is 0 Å². The van der Waals surface area contributed by atoms with Crippen molar-refractivity contribution in [3.05, 3.63) is 0 Å². The van der Waals surface area contributed by atoms with Gasteiger partial charge in [-0.1, -0.05) is 0 Å². The van der Waals surface area contributed by atoms with Gasteiger partial charge < -0.3 is 26.2 Å². The van der Waals surface area contributed by atoms with Crippen LogP contribution in [0.25, 0.3) is 0 Å². The molecule has 0 saturated heterocycles. The first kappa shape index (κ1) is 17.8. The second-order valence-corrected chi connectivity index (χ2v) is 3.94. The summed E-state index contributed by atoms with van der Waals surface area (Å²) in [6, 6.07) is -3.32. The van der Waals surface area contributed by atoms with Crippen LogP contribution in [0, 0.1) is 0 Å². The molecule has 6 N–H and O–H groups in total. The van der Waals surface area contributed by atoms with Gasteiger partial charge in [-0.2, -0.15) is 0 Å². The molecule has 0 heterocycles. The van der Waals surface area contributed by atoms with Crippen molar-refractivity contribution in [1.82, 2.24) is 4.90 Å². The summed E-state index contributed by atoms with van der Waals surface area (Å²) < 4.78 is 0. The van der Waals surface area contributed by atoms with Gasteiger partial charge >= 0.3 is 17.9 Å². The number of aliphatic hydroxyl groups excluding tert-OH is 1. The molecule has 0 aromatic heterocycles. The molecule has 1 unspecified atom stereocenters. The molecule has 1 amide bonds. The van der Waals surface area contributed by atoms with E-state index >= 15 is 0 Å². The molecule has 0 spiro atoms. The predicted octanol–water partition coefficient (Wildman–Crippen LogP) is -2.46. The number of carboxylic acid groups (broad SMARTS) is 3. The fourth-order valence-electron chi connectivity index (χ4n) is 1.69. The van der Waals surface area contributed by atoms with E-state index in [4.69, 9.17) is 26.2 Å². The molecule has 0 aromatic carbocycles. The van der Waals surface area contributed by atoms with Gasteiger partial charge in [0, 0.05) is 6.54 Å². The SMILES string of the molecule is NC(=O)C[C@@H](C(=O)O)N(CCO)C(CC(=O)O)C(=O)O. The molecule has 0 aliphatic carbocycles. The van der Waals surface area contributed by atoms with E-state index in [1.807, 2.05) is 0 Å². The highest BCUT2D eigenvalue weighted by Crippen LogP contribution is 2.13. The van der Waals surface area contributed by atoms with Crippen molar-refractivity contribution in [2.75, 3.05) is 13.2 Å². The number of aliphatic carboxylic acids is 3. The molecular weight excluding hydrogens is 276 g/mol. The first-order valence-electron chi connectivity index (χ1n) is 5.53.